The molecule has 0 aliphatic carbocycles. The Labute approximate surface area is 90.1 Å². The van der Waals surface area contributed by atoms with Crippen molar-refractivity contribution in [2.75, 3.05) is 0 Å². The molecule has 0 aromatic heterocycles. The van der Waals surface area contributed by atoms with Crippen LogP contribution in [0, 0.1) is 6.92 Å². The van der Waals surface area contributed by atoms with E-state index in [0.29, 0.717) is 0 Å². The first-order valence-corrected chi connectivity index (χ1v) is 4.64. The second-order valence-corrected chi connectivity index (χ2v) is 4.11. The zero-order chi connectivity index (χ0) is 11.9. The molecule has 0 amide bonds. The Bertz CT molecular complexity index is 331. The molecule has 0 heterocycles. The van der Waals surface area contributed by atoms with Crippen molar-refractivity contribution in [1.82, 2.24) is 0 Å². The van der Waals surface area contributed by atoms with Crippen molar-refractivity contribution in [2.24, 2.45) is 0 Å². The van der Waals surface area contributed by atoms with E-state index in [9.17, 15) is 0 Å². The zero-order valence-electron chi connectivity index (χ0n) is 9.53. The minimum atomic E-state index is -0.103. The molecule has 82 valence electrons. The number of hydrogen-bond acceptors (Lipinski definition) is 3. The number of aryl methyl sites for hydroxylation is 1. The third-order valence-corrected chi connectivity index (χ3v) is 1.41. The van der Waals surface area contributed by atoms with E-state index >= 15 is 0 Å². The standard InChI is InChI=1S/C11H16O.CO2/c1-9-6-5-7-10(8-9)12-11(2,3)4;2-1-3/h5-8H,1-4H3;. The predicted molar refractivity (Wildman–Crippen MR) is 56.6 cm³/mol. The largest absolute Gasteiger partial charge is 0.488 e. The number of benzene rings is 1. The fraction of sp³-hybridized carbons (Fsp3) is 0.417. The molecule has 0 radical (unpaired) electrons. The highest BCUT2D eigenvalue weighted by molar-refractivity contribution is 5.27. The number of rotatable bonds is 1. The van der Waals surface area contributed by atoms with Gasteiger partial charge in [-0.2, -0.15) is 9.59 Å². The summed E-state index contributed by atoms with van der Waals surface area (Å²) in [6, 6.07) is 8.11. The van der Waals surface area contributed by atoms with E-state index in [-0.39, 0.29) is 11.8 Å². The van der Waals surface area contributed by atoms with Crippen molar-refractivity contribution >= 4 is 6.15 Å². The molecule has 0 fully saturated rings. The summed E-state index contributed by atoms with van der Waals surface area (Å²) >= 11 is 0. The maximum Gasteiger partial charge on any atom is 0.373 e. The minimum absolute atomic E-state index is 0.103. The molecule has 0 saturated heterocycles. The van der Waals surface area contributed by atoms with Gasteiger partial charge in [-0.3, -0.25) is 0 Å². The second-order valence-electron chi connectivity index (χ2n) is 4.11. The Morgan fingerprint density at radius 3 is 2.13 bits per heavy atom. The van der Waals surface area contributed by atoms with Crippen LogP contribution in [0.5, 0.6) is 5.75 Å². The monoisotopic (exact) mass is 208 g/mol. The SMILES string of the molecule is Cc1cccc(OC(C)(C)C)c1.O=C=O. The molecular weight excluding hydrogens is 192 g/mol. The van der Waals surface area contributed by atoms with E-state index in [4.69, 9.17) is 14.3 Å². The summed E-state index contributed by atoms with van der Waals surface area (Å²) in [4.78, 5) is 16.2. The van der Waals surface area contributed by atoms with Gasteiger partial charge in [0.1, 0.15) is 11.4 Å². The van der Waals surface area contributed by atoms with Gasteiger partial charge in [0.2, 0.25) is 0 Å². The van der Waals surface area contributed by atoms with Crippen molar-refractivity contribution in [3.05, 3.63) is 29.8 Å². The average molecular weight is 208 g/mol. The van der Waals surface area contributed by atoms with Gasteiger partial charge in [0.05, 0.1) is 0 Å². The van der Waals surface area contributed by atoms with Crippen LogP contribution in [-0.2, 0) is 9.59 Å². The maximum absolute atomic E-state index is 8.12. The molecule has 3 nitrogen and oxygen atoms in total. The van der Waals surface area contributed by atoms with E-state index < -0.39 is 0 Å². The minimum Gasteiger partial charge on any atom is -0.488 e. The van der Waals surface area contributed by atoms with Gasteiger partial charge in [-0.05, 0) is 45.4 Å². The fourth-order valence-electron chi connectivity index (χ4n) is 1.03. The maximum atomic E-state index is 8.12. The van der Waals surface area contributed by atoms with Crippen molar-refractivity contribution in [2.45, 2.75) is 33.3 Å². The average Bonchev–Trinajstić information content (AvgIpc) is 2.01. The molecule has 0 saturated carbocycles. The van der Waals surface area contributed by atoms with E-state index in [0.717, 1.165) is 5.75 Å². The summed E-state index contributed by atoms with van der Waals surface area (Å²) in [5, 5.41) is 0. The van der Waals surface area contributed by atoms with Crippen LogP contribution in [0.25, 0.3) is 0 Å². The van der Waals surface area contributed by atoms with Crippen LogP contribution >= 0.6 is 0 Å². The molecule has 3 heteroatoms. The van der Waals surface area contributed by atoms with Crippen molar-refractivity contribution in [3.63, 3.8) is 0 Å². The Hall–Kier alpha value is -1.60. The lowest BCUT2D eigenvalue weighted by molar-refractivity contribution is -0.191. The molecule has 0 N–H and O–H groups in total. The summed E-state index contributed by atoms with van der Waals surface area (Å²) in [5.74, 6) is 0.947. The quantitative estimate of drug-likeness (QED) is 0.712. The van der Waals surface area contributed by atoms with Gasteiger partial charge in [0, 0.05) is 0 Å². The first-order chi connectivity index (χ1) is 6.89. The summed E-state index contributed by atoms with van der Waals surface area (Å²) < 4.78 is 5.68. The highest BCUT2D eigenvalue weighted by Crippen LogP contribution is 2.18. The van der Waals surface area contributed by atoms with Crippen LogP contribution in [-0.4, -0.2) is 11.8 Å². The molecule has 0 spiro atoms. The van der Waals surface area contributed by atoms with Crippen LogP contribution in [0.15, 0.2) is 24.3 Å². The molecule has 1 aromatic carbocycles. The summed E-state index contributed by atoms with van der Waals surface area (Å²) in [6.45, 7) is 8.22. The third kappa shape index (κ3) is 7.47. The van der Waals surface area contributed by atoms with E-state index in [1.807, 2.05) is 18.2 Å². The van der Waals surface area contributed by atoms with Crippen molar-refractivity contribution in [1.29, 1.82) is 0 Å². The Kier molecular flexibility index (Phi) is 5.35. The number of hydrogen-bond donors (Lipinski definition) is 0. The van der Waals surface area contributed by atoms with Crippen molar-refractivity contribution in [3.8, 4) is 5.75 Å². The smallest absolute Gasteiger partial charge is 0.373 e. The Morgan fingerprint density at radius 1 is 1.20 bits per heavy atom. The van der Waals surface area contributed by atoms with Gasteiger partial charge in [-0.1, -0.05) is 12.1 Å². The van der Waals surface area contributed by atoms with Gasteiger partial charge in [0.15, 0.2) is 0 Å². The Morgan fingerprint density at radius 2 is 1.73 bits per heavy atom. The first kappa shape index (κ1) is 13.4. The third-order valence-electron chi connectivity index (χ3n) is 1.41. The number of carbonyl (C=O) groups excluding carboxylic acids is 2. The fourth-order valence-corrected chi connectivity index (χ4v) is 1.03. The molecule has 0 aliphatic heterocycles. The summed E-state index contributed by atoms with van der Waals surface area (Å²) in [5.41, 5.74) is 1.13. The molecule has 0 unspecified atom stereocenters. The molecule has 15 heavy (non-hydrogen) atoms. The van der Waals surface area contributed by atoms with Gasteiger partial charge in [0.25, 0.3) is 0 Å². The lowest BCUT2D eigenvalue weighted by Crippen LogP contribution is -2.22. The van der Waals surface area contributed by atoms with Crippen LogP contribution in [0.3, 0.4) is 0 Å². The van der Waals surface area contributed by atoms with Gasteiger partial charge in [-0.15, -0.1) is 0 Å². The molecule has 1 aromatic rings. The van der Waals surface area contributed by atoms with E-state index in [2.05, 4.69) is 33.8 Å². The number of ether oxygens (including phenoxy) is 1. The molecule has 1 rings (SSSR count). The first-order valence-electron chi connectivity index (χ1n) is 4.64. The highest BCUT2D eigenvalue weighted by atomic mass is 16.5. The summed E-state index contributed by atoms with van der Waals surface area (Å²) in [7, 11) is 0. The van der Waals surface area contributed by atoms with E-state index in [1.165, 1.54) is 5.56 Å². The van der Waals surface area contributed by atoms with Crippen LogP contribution in [0.4, 0.5) is 0 Å². The summed E-state index contributed by atoms with van der Waals surface area (Å²) in [6.07, 6.45) is 0.250. The van der Waals surface area contributed by atoms with Crippen LogP contribution in [0.1, 0.15) is 26.3 Å². The van der Waals surface area contributed by atoms with E-state index in [1.54, 1.807) is 0 Å². The lowest BCUT2D eigenvalue weighted by atomic mass is 10.2. The second kappa shape index (κ2) is 5.99. The molecule has 0 aliphatic rings. The predicted octanol–water partition coefficient (Wildman–Crippen LogP) is 2.59. The van der Waals surface area contributed by atoms with Gasteiger partial charge in [-0.25, -0.2) is 0 Å². The molecular formula is C12H16O3. The van der Waals surface area contributed by atoms with Crippen LogP contribution in [0.2, 0.25) is 0 Å². The zero-order valence-corrected chi connectivity index (χ0v) is 9.53. The van der Waals surface area contributed by atoms with Gasteiger partial charge >= 0.3 is 6.15 Å². The topological polar surface area (TPSA) is 43.4 Å². The van der Waals surface area contributed by atoms with Crippen LogP contribution < -0.4 is 4.74 Å². The lowest BCUT2D eigenvalue weighted by Gasteiger charge is -2.21. The van der Waals surface area contributed by atoms with Gasteiger partial charge < -0.3 is 4.74 Å². The molecule has 0 bridgehead atoms. The normalized spacial score (nSPS) is 9.60. The Balaban J connectivity index is 0.000000583. The van der Waals surface area contributed by atoms with Crippen molar-refractivity contribution < 1.29 is 14.3 Å². The molecule has 0 atom stereocenters. The highest BCUT2D eigenvalue weighted by Gasteiger charge is 2.10.